The standard InChI is InChI=1S/C26H31F3N4O4/c1-5-35-25(34)23(32-24(30)21-13-15(2)37-33-21)16(3)17(4)31-14-20-7-6-8-22(36-20)18-9-11-19(12-10-18)26(27,28)29/h9-13,20,22,31H,4-8,14H2,1-3H3,(H2,30,32)/b23-16-/t20-,22+/m1/s1. The molecule has 2 aromatic rings. The van der Waals surface area contributed by atoms with Crippen LogP contribution < -0.4 is 11.1 Å². The van der Waals surface area contributed by atoms with Crippen molar-refractivity contribution >= 4 is 11.8 Å². The lowest BCUT2D eigenvalue weighted by molar-refractivity contribution is -0.139. The number of carbonyl (C=O) groups excluding carboxylic acids is 1. The van der Waals surface area contributed by atoms with Gasteiger partial charge in [-0.1, -0.05) is 23.9 Å². The molecule has 3 rings (SSSR count). The van der Waals surface area contributed by atoms with Crippen molar-refractivity contribution in [3.8, 4) is 0 Å². The predicted molar refractivity (Wildman–Crippen MR) is 131 cm³/mol. The molecule has 3 N–H and O–H groups in total. The van der Waals surface area contributed by atoms with Crippen molar-refractivity contribution in [2.45, 2.75) is 58.4 Å². The first kappa shape index (κ1) is 28.0. The highest BCUT2D eigenvalue weighted by molar-refractivity contribution is 6.00. The van der Waals surface area contributed by atoms with E-state index in [-0.39, 0.29) is 36.0 Å². The molecule has 1 aromatic heterocycles. The van der Waals surface area contributed by atoms with Gasteiger partial charge in [-0.25, -0.2) is 9.79 Å². The molecular weight excluding hydrogens is 489 g/mol. The molecule has 0 amide bonds. The van der Waals surface area contributed by atoms with Crippen LogP contribution in [0.1, 0.15) is 61.8 Å². The number of hydrogen-bond donors (Lipinski definition) is 2. The van der Waals surface area contributed by atoms with E-state index in [4.69, 9.17) is 19.7 Å². The van der Waals surface area contributed by atoms with E-state index in [1.165, 1.54) is 12.1 Å². The number of allylic oxidation sites excluding steroid dienone is 1. The molecule has 37 heavy (non-hydrogen) atoms. The van der Waals surface area contributed by atoms with E-state index in [9.17, 15) is 18.0 Å². The second-order valence-electron chi connectivity index (χ2n) is 8.67. The maximum absolute atomic E-state index is 12.9. The predicted octanol–water partition coefficient (Wildman–Crippen LogP) is 4.96. The fourth-order valence-electron chi connectivity index (χ4n) is 3.84. The highest BCUT2D eigenvalue weighted by atomic mass is 19.4. The Morgan fingerprint density at radius 3 is 2.59 bits per heavy atom. The van der Waals surface area contributed by atoms with Gasteiger partial charge in [-0.3, -0.25) is 0 Å². The van der Waals surface area contributed by atoms with Gasteiger partial charge in [-0.15, -0.1) is 0 Å². The number of benzene rings is 1. The molecule has 2 atom stereocenters. The van der Waals surface area contributed by atoms with Crippen molar-refractivity contribution in [3.05, 3.63) is 76.5 Å². The van der Waals surface area contributed by atoms with E-state index in [2.05, 4.69) is 22.0 Å². The third-order valence-electron chi connectivity index (χ3n) is 5.90. The van der Waals surface area contributed by atoms with Gasteiger partial charge in [0.2, 0.25) is 0 Å². The lowest BCUT2D eigenvalue weighted by atomic mass is 9.97. The molecular formula is C26H31F3N4O4. The Balaban J connectivity index is 1.69. The lowest BCUT2D eigenvalue weighted by Gasteiger charge is -2.31. The van der Waals surface area contributed by atoms with Gasteiger partial charge in [0.1, 0.15) is 11.5 Å². The molecule has 1 saturated heterocycles. The fraction of sp³-hybridized carbons (Fsp3) is 0.423. The summed E-state index contributed by atoms with van der Waals surface area (Å²) in [4.78, 5) is 16.8. The summed E-state index contributed by atoms with van der Waals surface area (Å²) < 4.78 is 54.9. The van der Waals surface area contributed by atoms with Gasteiger partial charge in [0.15, 0.2) is 11.5 Å². The molecule has 200 valence electrons. The van der Waals surface area contributed by atoms with Crippen LogP contribution >= 0.6 is 0 Å². The van der Waals surface area contributed by atoms with Gasteiger partial charge >= 0.3 is 12.1 Å². The zero-order chi connectivity index (χ0) is 27.2. The van der Waals surface area contributed by atoms with Crippen LogP contribution in [-0.2, 0) is 20.4 Å². The zero-order valence-corrected chi connectivity index (χ0v) is 21.0. The summed E-state index contributed by atoms with van der Waals surface area (Å²) in [5.41, 5.74) is 7.16. The number of esters is 1. The van der Waals surface area contributed by atoms with Crippen LogP contribution in [0, 0.1) is 6.92 Å². The SMILES string of the molecule is C=C(NC[C@H]1CCC[C@@H](c2ccc(C(F)(F)F)cc2)O1)/C(C)=C(\N=C(/N)c1cc(C)on1)C(=O)OCC. The van der Waals surface area contributed by atoms with Crippen molar-refractivity contribution in [3.63, 3.8) is 0 Å². The molecule has 0 saturated carbocycles. The van der Waals surface area contributed by atoms with Crippen LogP contribution in [0.5, 0.6) is 0 Å². The summed E-state index contributed by atoms with van der Waals surface area (Å²) in [5.74, 6) is -0.135. The summed E-state index contributed by atoms with van der Waals surface area (Å²) in [5, 5.41) is 6.98. The number of nitrogens with one attached hydrogen (secondary N) is 1. The first-order chi connectivity index (χ1) is 17.5. The number of nitrogens with zero attached hydrogens (tertiary/aromatic N) is 2. The van der Waals surface area contributed by atoms with Gasteiger partial charge < -0.3 is 25.0 Å². The number of hydrogen-bond acceptors (Lipinski definition) is 7. The van der Waals surface area contributed by atoms with E-state index in [0.29, 0.717) is 35.6 Å². The molecule has 11 heteroatoms. The molecule has 1 aliphatic rings. The minimum Gasteiger partial charge on any atom is -0.461 e. The normalized spacial score (nSPS) is 19.2. The van der Waals surface area contributed by atoms with Crippen LogP contribution in [0.25, 0.3) is 0 Å². The number of aromatic nitrogens is 1. The van der Waals surface area contributed by atoms with Crippen LogP contribution in [0.15, 0.2) is 63.4 Å². The second kappa shape index (κ2) is 12.1. The number of halogens is 3. The number of alkyl halides is 3. The van der Waals surface area contributed by atoms with Crippen molar-refractivity contribution in [2.75, 3.05) is 13.2 Å². The van der Waals surface area contributed by atoms with Gasteiger partial charge in [-0.05, 0) is 57.7 Å². The molecule has 8 nitrogen and oxygen atoms in total. The topological polar surface area (TPSA) is 112 Å². The molecule has 1 aromatic carbocycles. The number of rotatable bonds is 9. The van der Waals surface area contributed by atoms with Crippen LogP contribution in [-0.4, -0.2) is 36.2 Å². The summed E-state index contributed by atoms with van der Waals surface area (Å²) in [6.07, 6.45) is -2.56. The van der Waals surface area contributed by atoms with E-state index in [1.807, 2.05) is 0 Å². The molecule has 0 bridgehead atoms. The van der Waals surface area contributed by atoms with Gasteiger partial charge in [0, 0.05) is 23.9 Å². The first-order valence-electron chi connectivity index (χ1n) is 11.9. The lowest BCUT2D eigenvalue weighted by Crippen LogP contribution is -2.33. The number of carbonyl (C=O) groups is 1. The molecule has 0 aliphatic carbocycles. The highest BCUT2D eigenvalue weighted by Gasteiger charge is 2.31. The average molecular weight is 521 g/mol. The minimum absolute atomic E-state index is 0.0120. The van der Waals surface area contributed by atoms with Gasteiger partial charge in [0.05, 0.1) is 24.4 Å². The van der Waals surface area contributed by atoms with E-state index < -0.39 is 17.7 Å². The number of aliphatic imine (C=N–C) groups is 1. The summed E-state index contributed by atoms with van der Waals surface area (Å²) in [6.45, 7) is 9.59. The zero-order valence-electron chi connectivity index (χ0n) is 21.0. The largest absolute Gasteiger partial charge is 0.461 e. The second-order valence-corrected chi connectivity index (χ2v) is 8.67. The number of nitrogens with two attached hydrogens (primary N) is 1. The van der Waals surface area contributed by atoms with E-state index >= 15 is 0 Å². The number of aryl methyl sites for hydroxylation is 1. The Labute approximate surface area is 213 Å². The Kier molecular flexibility index (Phi) is 9.14. The summed E-state index contributed by atoms with van der Waals surface area (Å²) >= 11 is 0. The summed E-state index contributed by atoms with van der Waals surface area (Å²) in [7, 11) is 0. The number of ether oxygens (including phenoxy) is 2. The average Bonchev–Trinajstić information content (AvgIpc) is 3.31. The van der Waals surface area contributed by atoms with Crippen molar-refractivity contribution in [2.24, 2.45) is 10.7 Å². The third-order valence-corrected chi connectivity index (χ3v) is 5.90. The van der Waals surface area contributed by atoms with Crippen molar-refractivity contribution in [1.29, 1.82) is 0 Å². The first-order valence-corrected chi connectivity index (χ1v) is 11.9. The Hall–Kier alpha value is -3.60. The van der Waals surface area contributed by atoms with Gasteiger partial charge in [0.25, 0.3) is 0 Å². The Bertz CT molecular complexity index is 1170. The maximum atomic E-state index is 12.9. The molecule has 1 aliphatic heterocycles. The number of amidine groups is 1. The Morgan fingerprint density at radius 2 is 2.00 bits per heavy atom. The van der Waals surface area contributed by atoms with Crippen molar-refractivity contribution < 1.29 is 32.0 Å². The highest BCUT2D eigenvalue weighted by Crippen LogP contribution is 2.34. The molecule has 0 unspecified atom stereocenters. The van der Waals surface area contributed by atoms with E-state index in [0.717, 1.165) is 25.0 Å². The molecule has 2 heterocycles. The third kappa shape index (κ3) is 7.45. The summed E-state index contributed by atoms with van der Waals surface area (Å²) in [6, 6.07) is 6.65. The monoisotopic (exact) mass is 520 g/mol. The van der Waals surface area contributed by atoms with Gasteiger partial charge in [-0.2, -0.15) is 13.2 Å². The Morgan fingerprint density at radius 1 is 1.30 bits per heavy atom. The fourth-order valence-corrected chi connectivity index (χ4v) is 3.84. The molecule has 0 spiro atoms. The quantitative estimate of drug-likeness (QED) is 0.158. The molecule has 1 fully saturated rings. The van der Waals surface area contributed by atoms with Crippen LogP contribution in [0.3, 0.4) is 0 Å². The molecule has 0 radical (unpaired) electrons. The smallest absolute Gasteiger partial charge is 0.416 e. The van der Waals surface area contributed by atoms with Crippen LogP contribution in [0.2, 0.25) is 0 Å². The maximum Gasteiger partial charge on any atom is 0.416 e. The van der Waals surface area contributed by atoms with E-state index in [1.54, 1.807) is 26.8 Å². The van der Waals surface area contributed by atoms with Crippen molar-refractivity contribution in [1.82, 2.24) is 10.5 Å². The van der Waals surface area contributed by atoms with Crippen LogP contribution in [0.4, 0.5) is 13.2 Å². The minimum atomic E-state index is -4.38.